The number of carbonyl (C=O) groups is 2. The fourth-order valence-corrected chi connectivity index (χ4v) is 3.96. The zero-order valence-electron chi connectivity index (χ0n) is 17.8. The fraction of sp³-hybridized carbons (Fsp3) is 0.250. The minimum Gasteiger partial charge on any atom is -0.507 e. The number of ether oxygens (including phenoxy) is 1. The van der Waals surface area contributed by atoms with Crippen LogP contribution in [0.2, 0.25) is 0 Å². The smallest absolute Gasteiger partial charge is 0.295 e. The second-order valence-corrected chi connectivity index (χ2v) is 7.82. The van der Waals surface area contributed by atoms with Gasteiger partial charge in [-0.05, 0) is 37.9 Å². The Morgan fingerprint density at radius 2 is 1.84 bits per heavy atom. The summed E-state index contributed by atoms with van der Waals surface area (Å²) in [5.74, 6) is -0.791. The number of benzene rings is 2. The third kappa shape index (κ3) is 3.68. The predicted octanol–water partition coefficient (Wildman–Crippen LogP) is 3.16. The number of aliphatic hydroxyl groups is 1. The molecule has 2 heterocycles. The molecule has 3 aromatic rings. The molecule has 1 aromatic heterocycles. The number of nitrogens with one attached hydrogen (secondary N) is 1. The van der Waals surface area contributed by atoms with Crippen molar-refractivity contribution in [3.63, 3.8) is 0 Å². The minimum atomic E-state index is -0.681. The standard InChI is InChI=1S/C24H25N3O4/c1-26(2)12-13-27-21(15-8-10-16(31-3)11-9-15)20(23(29)24(27)30)22(28)18-14-25-19-7-5-4-6-17(18)19/h4-11,14,21,25,28H,12-13H2,1-3H3/t21-/m0/s1. The maximum atomic E-state index is 13.1. The Labute approximate surface area is 180 Å². The van der Waals surface area contributed by atoms with Crippen LogP contribution in [0.25, 0.3) is 16.7 Å². The summed E-state index contributed by atoms with van der Waals surface area (Å²) >= 11 is 0. The summed E-state index contributed by atoms with van der Waals surface area (Å²) in [6.45, 7) is 0.950. The van der Waals surface area contributed by atoms with Crippen LogP contribution < -0.4 is 4.74 Å². The van der Waals surface area contributed by atoms with Crippen molar-refractivity contribution in [3.05, 3.63) is 71.4 Å². The number of likely N-dealkylation sites (N-methyl/N-ethyl adjacent to an activating group) is 1. The average Bonchev–Trinajstić information content (AvgIpc) is 3.31. The van der Waals surface area contributed by atoms with Crippen LogP contribution in [0.5, 0.6) is 5.75 Å². The molecule has 0 bridgehead atoms. The maximum absolute atomic E-state index is 13.1. The summed E-state index contributed by atoms with van der Waals surface area (Å²) in [6.07, 6.45) is 1.66. The van der Waals surface area contributed by atoms with E-state index in [9.17, 15) is 14.7 Å². The van der Waals surface area contributed by atoms with Gasteiger partial charge in [0.05, 0.1) is 18.7 Å². The number of amides is 1. The Hall–Kier alpha value is -3.58. The van der Waals surface area contributed by atoms with Crippen LogP contribution in [0.1, 0.15) is 17.2 Å². The Kier molecular flexibility index (Phi) is 5.52. The quantitative estimate of drug-likeness (QED) is 0.364. The molecular weight excluding hydrogens is 394 g/mol. The predicted molar refractivity (Wildman–Crippen MR) is 119 cm³/mol. The number of aromatic amines is 1. The molecule has 160 valence electrons. The van der Waals surface area contributed by atoms with Gasteiger partial charge >= 0.3 is 0 Å². The summed E-state index contributed by atoms with van der Waals surface area (Å²) in [4.78, 5) is 32.6. The maximum Gasteiger partial charge on any atom is 0.295 e. The van der Waals surface area contributed by atoms with Gasteiger partial charge < -0.3 is 24.6 Å². The molecular formula is C24H25N3O4. The first-order valence-corrected chi connectivity index (χ1v) is 10.1. The van der Waals surface area contributed by atoms with Gasteiger partial charge in [0, 0.05) is 35.8 Å². The van der Waals surface area contributed by atoms with Crippen LogP contribution in [0.3, 0.4) is 0 Å². The molecule has 1 aliphatic rings. The van der Waals surface area contributed by atoms with E-state index in [4.69, 9.17) is 4.74 Å². The van der Waals surface area contributed by atoms with Crippen LogP contribution in [0.4, 0.5) is 0 Å². The first kappa shape index (κ1) is 20.7. The van der Waals surface area contributed by atoms with Gasteiger partial charge in [0.2, 0.25) is 0 Å². The van der Waals surface area contributed by atoms with Crippen LogP contribution in [0.15, 0.2) is 60.3 Å². The topological polar surface area (TPSA) is 85.9 Å². The minimum absolute atomic E-state index is 0.0960. The summed E-state index contributed by atoms with van der Waals surface area (Å²) < 4.78 is 5.24. The number of Topliss-reactive ketones (excluding diaryl/α,β-unsaturated/α-hetero) is 1. The lowest BCUT2D eigenvalue weighted by atomic mass is 9.95. The van der Waals surface area contributed by atoms with E-state index in [2.05, 4.69) is 4.98 Å². The SMILES string of the molecule is COc1ccc([C@H]2C(=C(O)c3c[nH]c4ccccc34)C(=O)C(=O)N2CCN(C)C)cc1. The van der Waals surface area contributed by atoms with E-state index in [-0.39, 0.29) is 11.3 Å². The van der Waals surface area contributed by atoms with Crippen LogP contribution in [0, 0.1) is 0 Å². The summed E-state index contributed by atoms with van der Waals surface area (Å²) in [5.41, 5.74) is 2.17. The first-order chi connectivity index (χ1) is 14.9. The lowest BCUT2D eigenvalue weighted by Gasteiger charge is -2.26. The number of rotatable bonds is 6. The number of aliphatic hydroxyl groups excluding tert-OH is 1. The van der Waals surface area contributed by atoms with Crippen LogP contribution in [-0.4, -0.2) is 65.9 Å². The number of para-hydroxylation sites is 1. The molecule has 0 unspecified atom stereocenters. The highest BCUT2D eigenvalue weighted by Crippen LogP contribution is 2.40. The van der Waals surface area contributed by atoms with E-state index in [0.29, 0.717) is 24.4 Å². The first-order valence-electron chi connectivity index (χ1n) is 10.1. The van der Waals surface area contributed by atoms with Crippen molar-refractivity contribution in [2.75, 3.05) is 34.3 Å². The summed E-state index contributed by atoms with van der Waals surface area (Å²) in [5, 5.41) is 12.0. The Bertz CT molecular complexity index is 1160. The number of likely N-dealkylation sites (tertiary alicyclic amines) is 1. The van der Waals surface area contributed by atoms with E-state index >= 15 is 0 Å². The molecule has 1 aliphatic heterocycles. The van der Waals surface area contributed by atoms with E-state index in [1.54, 1.807) is 25.4 Å². The molecule has 0 spiro atoms. The van der Waals surface area contributed by atoms with E-state index in [0.717, 1.165) is 16.5 Å². The molecule has 2 N–H and O–H groups in total. The molecule has 2 aromatic carbocycles. The van der Waals surface area contributed by atoms with Gasteiger partial charge in [0.25, 0.3) is 11.7 Å². The van der Waals surface area contributed by atoms with Gasteiger partial charge in [-0.15, -0.1) is 0 Å². The molecule has 0 radical (unpaired) electrons. The second-order valence-electron chi connectivity index (χ2n) is 7.82. The second kappa shape index (κ2) is 8.28. The van der Waals surface area contributed by atoms with Gasteiger partial charge in [0.1, 0.15) is 11.5 Å². The number of fused-ring (bicyclic) bond motifs is 1. The Morgan fingerprint density at radius 3 is 2.52 bits per heavy atom. The molecule has 0 saturated carbocycles. The molecule has 31 heavy (non-hydrogen) atoms. The molecule has 7 heteroatoms. The highest BCUT2D eigenvalue weighted by atomic mass is 16.5. The third-order valence-corrected chi connectivity index (χ3v) is 5.60. The number of aromatic nitrogens is 1. The van der Waals surface area contributed by atoms with Gasteiger partial charge in [-0.3, -0.25) is 9.59 Å². The summed E-state index contributed by atoms with van der Waals surface area (Å²) in [7, 11) is 5.39. The Balaban J connectivity index is 1.87. The average molecular weight is 419 g/mol. The van der Waals surface area contributed by atoms with Crippen LogP contribution >= 0.6 is 0 Å². The lowest BCUT2D eigenvalue weighted by Crippen LogP contribution is -2.35. The zero-order valence-corrected chi connectivity index (χ0v) is 17.8. The molecule has 1 atom stereocenters. The van der Waals surface area contributed by atoms with Gasteiger partial charge in [-0.25, -0.2) is 0 Å². The van der Waals surface area contributed by atoms with Crippen molar-refractivity contribution in [2.24, 2.45) is 0 Å². The van der Waals surface area contributed by atoms with Crippen LogP contribution in [-0.2, 0) is 9.59 Å². The van der Waals surface area contributed by atoms with E-state index in [1.807, 2.05) is 55.4 Å². The third-order valence-electron chi connectivity index (χ3n) is 5.60. The number of ketones is 1. The van der Waals surface area contributed by atoms with E-state index in [1.165, 1.54) is 4.90 Å². The van der Waals surface area contributed by atoms with Crippen molar-refractivity contribution >= 4 is 28.4 Å². The van der Waals surface area contributed by atoms with Crippen molar-refractivity contribution in [1.82, 2.24) is 14.8 Å². The van der Waals surface area contributed by atoms with Crippen molar-refractivity contribution < 1.29 is 19.4 Å². The number of nitrogens with zero attached hydrogens (tertiary/aromatic N) is 2. The zero-order chi connectivity index (χ0) is 22.1. The molecule has 7 nitrogen and oxygen atoms in total. The van der Waals surface area contributed by atoms with Gasteiger partial charge in [0.15, 0.2) is 0 Å². The fourth-order valence-electron chi connectivity index (χ4n) is 3.96. The largest absolute Gasteiger partial charge is 0.507 e. The molecule has 4 rings (SSSR count). The van der Waals surface area contributed by atoms with Crippen molar-refractivity contribution in [2.45, 2.75) is 6.04 Å². The van der Waals surface area contributed by atoms with Crippen molar-refractivity contribution in [3.8, 4) is 5.75 Å². The monoisotopic (exact) mass is 419 g/mol. The lowest BCUT2D eigenvalue weighted by molar-refractivity contribution is -0.140. The number of carbonyl (C=O) groups excluding carboxylic acids is 2. The highest BCUT2D eigenvalue weighted by Gasteiger charge is 2.46. The van der Waals surface area contributed by atoms with Crippen molar-refractivity contribution in [1.29, 1.82) is 0 Å². The van der Waals surface area contributed by atoms with Gasteiger partial charge in [-0.2, -0.15) is 0 Å². The number of hydrogen-bond donors (Lipinski definition) is 2. The number of hydrogen-bond acceptors (Lipinski definition) is 5. The number of H-pyrrole nitrogens is 1. The molecule has 1 amide bonds. The van der Waals surface area contributed by atoms with E-state index < -0.39 is 17.7 Å². The normalized spacial score (nSPS) is 18.3. The number of methoxy groups -OCH3 is 1. The van der Waals surface area contributed by atoms with Gasteiger partial charge in [-0.1, -0.05) is 30.3 Å². The molecule has 1 fully saturated rings. The molecule has 0 aliphatic carbocycles. The Morgan fingerprint density at radius 1 is 1.13 bits per heavy atom. The molecule has 1 saturated heterocycles. The highest BCUT2D eigenvalue weighted by molar-refractivity contribution is 6.46. The summed E-state index contributed by atoms with van der Waals surface area (Å²) in [6, 6.07) is 14.0.